The molecule has 0 saturated heterocycles. The highest BCUT2D eigenvalue weighted by molar-refractivity contribution is 6.19. The molecule has 0 heterocycles. The first-order valence-electron chi connectivity index (χ1n) is 3.69. The van der Waals surface area contributed by atoms with Crippen LogP contribution >= 0.6 is 11.6 Å². The highest BCUT2D eigenvalue weighted by Gasteiger charge is 1.98. The van der Waals surface area contributed by atoms with E-state index in [-0.39, 0.29) is 11.6 Å². The molecule has 0 aliphatic carbocycles. The molecule has 0 aromatic heterocycles. The number of hydrogen-bond donors (Lipinski definition) is 1. The summed E-state index contributed by atoms with van der Waals surface area (Å²) in [6.45, 7) is 0. The largest absolute Gasteiger partial charge is 0.507 e. The first-order valence-corrected chi connectivity index (χ1v) is 4.23. The molecule has 0 unspecified atom stereocenters. The molecule has 3 heteroatoms. The Morgan fingerprint density at radius 1 is 1.54 bits per heavy atom. The van der Waals surface area contributed by atoms with E-state index in [9.17, 15) is 5.11 Å². The topological polar surface area (TPSA) is 29.5 Å². The average molecular weight is 197 g/mol. The third-order valence-electron chi connectivity index (χ3n) is 1.49. The molecule has 1 rings (SSSR count). The summed E-state index contributed by atoms with van der Waals surface area (Å²) < 4.78 is 4.98. The molecule has 0 aliphatic rings. The van der Waals surface area contributed by atoms with Crippen molar-refractivity contribution in [1.82, 2.24) is 0 Å². The van der Waals surface area contributed by atoms with Crippen LogP contribution in [0.25, 0.3) is 0 Å². The molecule has 13 heavy (non-hydrogen) atoms. The minimum atomic E-state index is 0.137. The molecule has 1 aromatic carbocycles. The summed E-state index contributed by atoms with van der Waals surface area (Å²) in [7, 11) is 1.56. The lowest BCUT2D eigenvalue weighted by Gasteiger charge is -2.01. The van der Waals surface area contributed by atoms with Gasteiger partial charge in [-0.1, -0.05) is 11.8 Å². The normalized spacial score (nSPS) is 8.77. The average Bonchev–Trinajstić information content (AvgIpc) is 2.17. The predicted molar refractivity (Wildman–Crippen MR) is 52.3 cm³/mol. The molecule has 68 valence electrons. The number of alkyl halides is 1. The van der Waals surface area contributed by atoms with E-state index in [1.165, 1.54) is 6.07 Å². The maximum absolute atomic E-state index is 9.36. The minimum Gasteiger partial charge on any atom is -0.507 e. The first kappa shape index (κ1) is 9.76. The van der Waals surface area contributed by atoms with Crippen LogP contribution in [0.4, 0.5) is 0 Å². The summed E-state index contributed by atoms with van der Waals surface area (Å²) in [5.74, 6) is 6.43. The Balaban J connectivity index is 3.04. The lowest BCUT2D eigenvalue weighted by molar-refractivity contribution is 0.412. The Hall–Kier alpha value is -1.33. The summed E-state index contributed by atoms with van der Waals surface area (Å²) in [5.41, 5.74) is 0.528. The van der Waals surface area contributed by atoms with Crippen molar-refractivity contribution in [3.8, 4) is 23.3 Å². The lowest BCUT2D eigenvalue weighted by atomic mass is 10.2. The molecule has 1 aromatic rings. The summed E-state index contributed by atoms with van der Waals surface area (Å²) in [6.07, 6.45) is 0. The van der Waals surface area contributed by atoms with Gasteiger partial charge in [0.15, 0.2) is 0 Å². The fourth-order valence-electron chi connectivity index (χ4n) is 0.871. The van der Waals surface area contributed by atoms with Gasteiger partial charge >= 0.3 is 0 Å². The molecule has 0 radical (unpaired) electrons. The smallest absolute Gasteiger partial charge is 0.131 e. The van der Waals surface area contributed by atoms with Gasteiger partial charge < -0.3 is 9.84 Å². The van der Waals surface area contributed by atoms with Crippen molar-refractivity contribution in [2.24, 2.45) is 0 Å². The fourth-order valence-corrected chi connectivity index (χ4v) is 0.938. The summed E-state index contributed by atoms with van der Waals surface area (Å²) >= 11 is 5.39. The monoisotopic (exact) mass is 196 g/mol. The van der Waals surface area contributed by atoms with E-state index in [0.717, 1.165) is 0 Å². The van der Waals surface area contributed by atoms with Gasteiger partial charge in [-0.2, -0.15) is 0 Å². The number of hydrogen-bond acceptors (Lipinski definition) is 2. The highest BCUT2D eigenvalue weighted by atomic mass is 35.5. The van der Waals surface area contributed by atoms with Crippen LogP contribution < -0.4 is 4.74 Å². The number of aromatic hydroxyl groups is 1. The van der Waals surface area contributed by atoms with Crippen molar-refractivity contribution in [2.75, 3.05) is 13.0 Å². The minimum absolute atomic E-state index is 0.137. The number of phenols is 1. The second kappa shape index (κ2) is 4.64. The first-order chi connectivity index (χ1) is 6.27. The molecule has 1 N–H and O–H groups in total. The quantitative estimate of drug-likeness (QED) is 0.550. The summed E-state index contributed by atoms with van der Waals surface area (Å²) in [6, 6.07) is 4.87. The molecule has 0 amide bonds. The van der Waals surface area contributed by atoms with E-state index in [1.807, 2.05) is 0 Å². The van der Waals surface area contributed by atoms with Gasteiger partial charge in [0, 0.05) is 0 Å². The SMILES string of the molecule is COc1ccc(O)c(C#CCCl)c1. The standard InChI is InChI=1S/C10H9ClO2/c1-13-9-4-5-10(12)8(7-9)3-2-6-11/h4-5,7,12H,6H2,1H3. The molecule has 0 fully saturated rings. The van der Waals surface area contributed by atoms with Gasteiger partial charge in [0.05, 0.1) is 18.6 Å². The van der Waals surface area contributed by atoms with Crippen LogP contribution in [-0.2, 0) is 0 Å². The number of phenolic OH excluding ortho intramolecular Hbond substituents is 1. The second-order valence-corrected chi connectivity index (χ2v) is 2.59. The van der Waals surface area contributed by atoms with Crippen molar-refractivity contribution < 1.29 is 9.84 Å². The molecule has 0 saturated carbocycles. The number of methoxy groups -OCH3 is 1. The molecule has 2 nitrogen and oxygen atoms in total. The van der Waals surface area contributed by atoms with Crippen LogP contribution in [0.2, 0.25) is 0 Å². The van der Waals surface area contributed by atoms with Crippen molar-refractivity contribution >= 4 is 11.6 Å². The van der Waals surface area contributed by atoms with Gasteiger partial charge in [-0.05, 0) is 18.2 Å². The lowest BCUT2D eigenvalue weighted by Crippen LogP contribution is -1.84. The third-order valence-corrected chi connectivity index (χ3v) is 1.63. The van der Waals surface area contributed by atoms with E-state index in [2.05, 4.69) is 11.8 Å². The number of rotatable bonds is 1. The summed E-state index contributed by atoms with van der Waals surface area (Å²) in [5, 5.41) is 9.36. The zero-order valence-electron chi connectivity index (χ0n) is 7.17. The third kappa shape index (κ3) is 2.57. The van der Waals surface area contributed by atoms with Crippen LogP contribution in [0.5, 0.6) is 11.5 Å². The van der Waals surface area contributed by atoms with E-state index in [4.69, 9.17) is 16.3 Å². The molecular formula is C10H9ClO2. The molecule has 0 aliphatic heterocycles. The second-order valence-electron chi connectivity index (χ2n) is 2.32. The Bertz CT molecular complexity index is 350. The van der Waals surface area contributed by atoms with Crippen molar-refractivity contribution in [3.63, 3.8) is 0 Å². The van der Waals surface area contributed by atoms with Gasteiger partial charge in [-0.3, -0.25) is 0 Å². The van der Waals surface area contributed by atoms with Crippen LogP contribution in [0, 0.1) is 11.8 Å². The zero-order chi connectivity index (χ0) is 9.68. The zero-order valence-corrected chi connectivity index (χ0v) is 7.93. The van der Waals surface area contributed by atoms with Gasteiger partial charge in [0.25, 0.3) is 0 Å². The van der Waals surface area contributed by atoms with Crippen molar-refractivity contribution in [3.05, 3.63) is 23.8 Å². The van der Waals surface area contributed by atoms with E-state index >= 15 is 0 Å². The van der Waals surface area contributed by atoms with E-state index < -0.39 is 0 Å². The Kier molecular flexibility index (Phi) is 3.48. The summed E-state index contributed by atoms with van der Waals surface area (Å²) in [4.78, 5) is 0. The number of halogens is 1. The van der Waals surface area contributed by atoms with Gasteiger partial charge in [-0.25, -0.2) is 0 Å². The van der Waals surface area contributed by atoms with Gasteiger partial charge in [0.2, 0.25) is 0 Å². The maximum Gasteiger partial charge on any atom is 0.131 e. The van der Waals surface area contributed by atoms with Gasteiger partial charge in [0.1, 0.15) is 11.5 Å². The van der Waals surface area contributed by atoms with E-state index in [0.29, 0.717) is 11.3 Å². The van der Waals surface area contributed by atoms with Crippen molar-refractivity contribution in [1.29, 1.82) is 0 Å². The van der Waals surface area contributed by atoms with E-state index in [1.54, 1.807) is 19.2 Å². The molecule has 0 spiro atoms. The van der Waals surface area contributed by atoms with Crippen LogP contribution in [-0.4, -0.2) is 18.1 Å². The molecule has 0 bridgehead atoms. The van der Waals surface area contributed by atoms with Gasteiger partial charge in [-0.15, -0.1) is 11.6 Å². The molecular weight excluding hydrogens is 188 g/mol. The number of ether oxygens (including phenoxy) is 1. The highest BCUT2D eigenvalue weighted by Crippen LogP contribution is 2.21. The van der Waals surface area contributed by atoms with Crippen LogP contribution in [0.3, 0.4) is 0 Å². The Morgan fingerprint density at radius 3 is 2.92 bits per heavy atom. The Labute approximate surface area is 82.1 Å². The molecule has 0 atom stereocenters. The maximum atomic E-state index is 9.36. The number of benzene rings is 1. The van der Waals surface area contributed by atoms with Crippen LogP contribution in [0.1, 0.15) is 5.56 Å². The van der Waals surface area contributed by atoms with Crippen molar-refractivity contribution in [2.45, 2.75) is 0 Å². The van der Waals surface area contributed by atoms with Crippen LogP contribution in [0.15, 0.2) is 18.2 Å². The fraction of sp³-hybridized carbons (Fsp3) is 0.200. The Morgan fingerprint density at radius 2 is 2.31 bits per heavy atom. The predicted octanol–water partition coefficient (Wildman–Crippen LogP) is 1.99.